The highest BCUT2D eigenvalue weighted by Crippen LogP contribution is 2.34. The Balaban J connectivity index is 0.000000252. The molecule has 8 aromatic rings. The van der Waals surface area contributed by atoms with E-state index >= 15 is 0 Å². The van der Waals surface area contributed by atoms with Gasteiger partial charge in [0, 0.05) is 37.8 Å². The second kappa shape index (κ2) is 25.3. The summed E-state index contributed by atoms with van der Waals surface area (Å²) in [5.41, 5.74) is 7.96. The fraction of sp³-hybridized carbons (Fsp3) is 0.365. The largest absolute Gasteiger partial charge is 0.446 e. The molecule has 2 atom stereocenters. The second-order valence-electron chi connectivity index (χ2n) is 20.3. The second-order valence-corrected chi connectivity index (χ2v) is 22.2. The van der Waals surface area contributed by atoms with E-state index in [9.17, 15) is 58.7 Å². The summed E-state index contributed by atoms with van der Waals surface area (Å²) in [7, 11) is 3.32. The van der Waals surface area contributed by atoms with Crippen LogP contribution in [0.2, 0.25) is 0 Å². The third kappa shape index (κ3) is 17.9. The number of aldehydes is 1. The van der Waals surface area contributed by atoms with E-state index in [2.05, 4.69) is 41.0 Å². The van der Waals surface area contributed by atoms with Crippen molar-refractivity contribution in [1.82, 2.24) is 44.8 Å². The first-order valence-electron chi connectivity index (χ1n) is 24.5. The predicted molar refractivity (Wildman–Crippen MR) is 291 cm³/mol. The Morgan fingerprint density at radius 2 is 1.12 bits per heavy atom. The Hall–Kier alpha value is -8.12. The fourth-order valence-corrected chi connectivity index (χ4v) is 9.09. The fourth-order valence-electron chi connectivity index (χ4n) is 7.51. The average Bonchev–Trinajstić information content (AvgIpc) is 4.39. The molecule has 82 heavy (non-hydrogen) atoms. The number of nitrogens with zero attached hydrogens (tertiary/aromatic N) is 7. The average molecular weight is 1200 g/mol. The minimum absolute atomic E-state index is 0.0561. The van der Waals surface area contributed by atoms with E-state index < -0.39 is 65.4 Å². The maximum absolute atomic E-state index is 13.5. The van der Waals surface area contributed by atoms with Gasteiger partial charge in [-0.05, 0) is 126 Å². The van der Waals surface area contributed by atoms with Crippen LogP contribution in [0.25, 0.3) is 43.2 Å². The van der Waals surface area contributed by atoms with Gasteiger partial charge in [0.2, 0.25) is 16.5 Å². The first-order chi connectivity index (χ1) is 38.0. The molecule has 0 radical (unpaired) electrons. The van der Waals surface area contributed by atoms with Crippen LogP contribution in [0, 0.1) is 0 Å². The van der Waals surface area contributed by atoms with Crippen LogP contribution in [-0.4, -0.2) is 101 Å². The number of fused-ring (bicyclic) bond motifs is 2. The summed E-state index contributed by atoms with van der Waals surface area (Å²) in [5.74, 6) is 0. The number of rotatable bonds is 13. The van der Waals surface area contributed by atoms with Gasteiger partial charge in [-0.1, -0.05) is 46.9 Å². The Morgan fingerprint density at radius 3 is 1.57 bits per heavy atom. The molecule has 2 amide bonds. The van der Waals surface area contributed by atoms with Crippen molar-refractivity contribution in [2.45, 2.75) is 96.2 Å². The molecule has 0 unspecified atom stereocenters. The Bertz CT molecular complexity index is 3610. The molecule has 0 saturated heterocycles. The highest BCUT2D eigenvalue weighted by molar-refractivity contribution is 7.18. The number of ether oxygens (including phenoxy) is 2. The summed E-state index contributed by atoms with van der Waals surface area (Å²) < 4.78 is 123. The summed E-state index contributed by atoms with van der Waals surface area (Å²) in [6.45, 7) is 10.4. The molecule has 0 bridgehead atoms. The summed E-state index contributed by atoms with van der Waals surface area (Å²) in [4.78, 5) is 65.6. The Morgan fingerprint density at radius 1 is 0.671 bits per heavy atom. The molecular formula is C52H55F9N12O7S2. The predicted octanol–water partition coefficient (Wildman–Crippen LogP) is 10.4. The number of H-pyrrole nitrogens is 2. The number of alkyl halides is 9. The normalized spacial score (nSPS) is 12.9. The number of imidazole rings is 2. The highest BCUT2D eigenvalue weighted by Gasteiger charge is 2.33. The monoisotopic (exact) mass is 1190 g/mol. The zero-order valence-electron chi connectivity index (χ0n) is 44.9. The minimum atomic E-state index is -4.64. The standard InChI is InChI=1S/C30H35F3N6O5S.C20H19F3N6OS.C2HF3O/c1-28(2,3)43-26(41)34-20(14-17-8-11-19(12-9-17)30(31,32)33)16-39(27(42)44-29(4,5)6)25-37-36-23(45-25)18-10-13-21-22(15-18)38(7)24(40)35-21;1-29-16-9-12(4-7-15(16)26-19(29)30)17-27-28-18(31-17)25-10-14(24)8-11-2-5-13(6-3-11)20(21,22)23;3-2(4,5)1-6/h8-13,15,20H,14,16H2,1-7H3,(H,34,41)(H,35,40);2-7,9,14H,8,10,24H2,1H3,(H,25,28)(H,26,30);1H/t20-;14-;/m10./s1. The number of anilines is 2. The van der Waals surface area contributed by atoms with Crippen molar-refractivity contribution in [1.29, 1.82) is 0 Å². The molecule has 0 fully saturated rings. The molecule has 0 aliphatic heterocycles. The van der Waals surface area contributed by atoms with Crippen LogP contribution in [0.3, 0.4) is 0 Å². The van der Waals surface area contributed by atoms with Gasteiger partial charge in [-0.15, -0.1) is 20.4 Å². The van der Waals surface area contributed by atoms with Gasteiger partial charge in [0.1, 0.15) is 21.2 Å². The van der Waals surface area contributed by atoms with Crippen molar-refractivity contribution in [3.8, 4) is 21.1 Å². The van der Waals surface area contributed by atoms with Gasteiger partial charge in [-0.2, -0.15) is 39.5 Å². The number of hydrogen-bond donors (Lipinski definition) is 5. The van der Waals surface area contributed by atoms with E-state index in [0.29, 0.717) is 50.3 Å². The molecule has 440 valence electrons. The first kappa shape index (κ1) is 63.1. The van der Waals surface area contributed by atoms with Gasteiger partial charge in [0.15, 0.2) is 0 Å². The first-order valence-corrected chi connectivity index (χ1v) is 26.1. The van der Waals surface area contributed by atoms with Crippen molar-refractivity contribution in [3.05, 3.63) is 128 Å². The third-order valence-electron chi connectivity index (χ3n) is 11.3. The number of nitrogens with one attached hydrogen (secondary N) is 4. The maximum atomic E-state index is 13.5. The molecule has 4 aromatic heterocycles. The number of amides is 2. The maximum Gasteiger partial charge on any atom is 0.446 e. The molecule has 4 heterocycles. The van der Waals surface area contributed by atoms with E-state index in [-0.39, 0.29) is 35.5 Å². The van der Waals surface area contributed by atoms with Gasteiger partial charge in [-0.3, -0.25) is 13.9 Å². The van der Waals surface area contributed by atoms with Crippen molar-refractivity contribution in [2.24, 2.45) is 19.8 Å². The minimum Gasteiger partial charge on any atom is -0.444 e. The summed E-state index contributed by atoms with van der Waals surface area (Å²) >= 11 is 2.44. The number of alkyl carbamates (subject to hydrolysis) is 1. The van der Waals surface area contributed by atoms with E-state index in [1.807, 2.05) is 18.2 Å². The molecule has 0 spiro atoms. The van der Waals surface area contributed by atoms with Crippen LogP contribution in [0.1, 0.15) is 63.8 Å². The van der Waals surface area contributed by atoms with Crippen LogP contribution in [0.15, 0.2) is 94.5 Å². The van der Waals surface area contributed by atoms with Crippen molar-refractivity contribution in [3.63, 3.8) is 0 Å². The number of halogens is 9. The Kier molecular flexibility index (Phi) is 19.5. The number of carbonyl (C=O) groups is 3. The molecule has 0 aliphatic rings. The highest BCUT2D eigenvalue weighted by atomic mass is 32.1. The van der Waals surface area contributed by atoms with Crippen LogP contribution < -0.4 is 32.6 Å². The summed E-state index contributed by atoms with van der Waals surface area (Å²) in [5, 5.41) is 24.6. The van der Waals surface area contributed by atoms with Crippen LogP contribution >= 0.6 is 22.7 Å². The molecule has 19 nitrogen and oxygen atoms in total. The summed E-state index contributed by atoms with van der Waals surface area (Å²) in [6.07, 6.45) is -15.6. The SMILES string of the molecule is Cn1c(=O)[nH]c2ccc(-c3nnc(N(C[C@@H](Cc4ccc(C(F)(F)F)cc4)NC(=O)OC(C)(C)C)C(=O)OC(C)(C)C)s3)cc21.Cn1c(=O)[nH]c2ccc(-c3nnc(NC[C@@H](N)Cc4ccc(C(F)(F)F)cc4)s3)cc21.O=CC(F)(F)F. The van der Waals surface area contributed by atoms with Crippen molar-refractivity contribution >= 4 is 73.5 Å². The molecule has 0 aliphatic carbocycles. The number of benzene rings is 4. The van der Waals surface area contributed by atoms with Crippen LogP contribution in [-0.2, 0) is 53.6 Å². The van der Waals surface area contributed by atoms with Crippen molar-refractivity contribution < 1.29 is 63.4 Å². The van der Waals surface area contributed by atoms with Gasteiger partial charge < -0.3 is 35.8 Å². The number of aryl methyl sites for hydroxylation is 2. The van der Waals surface area contributed by atoms with Crippen LogP contribution in [0.5, 0.6) is 0 Å². The van der Waals surface area contributed by atoms with E-state index in [4.69, 9.17) is 20.0 Å². The van der Waals surface area contributed by atoms with Crippen molar-refractivity contribution in [2.75, 3.05) is 23.3 Å². The quantitative estimate of drug-likeness (QED) is 0.0533. The number of aromatic nitrogens is 8. The van der Waals surface area contributed by atoms with E-state index in [1.165, 1.54) is 49.6 Å². The lowest BCUT2D eigenvalue weighted by molar-refractivity contribution is -0.156. The molecule has 8 rings (SSSR count). The topological polar surface area (TPSA) is 250 Å². The number of aromatic amines is 2. The van der Waals surface area contributed by atoms with E-state index in [0.717, 1.165) is 57.8 Å². The van der Waals surface area contributed by atoms with Gasteiger partial charge in [-0.25, -0.2) is 24.1 Å². The Labute approximate surface area is 468 Å². The lowest BCUT2D eigenvalue weighted by Gasteiger charge is -2.29. The van der Waals surface area contributed by atoms with Gasteiger partial charge >= 0.3 is 42.1 Å². The van der Waals surface area contributed by atoms with Crippen LogP contribution in [0.4, 0.5) is 59.4 Å². The smallest absolute Gasteiger partial charge is 0.444 e. The number of nitrogens with two attached hydrogens (primary N) is 1. The molecular weight excluding hydrogens is 1140 g/mol. The van der Waals surface area contributed by atoms with E-state index in [1.54, 1.807) is 73.8 Å². The lowest BCUT2D eigenvalue weighted by Crippen LogP contribution is -2.49. The molecule has 4 aromatic carbocycles. The number of carbonyl (C=O) groups excluding carboxylic acids is 3. The van der Waals surface area contributed by atoms with Gasteiger partial charge in [0.25, 0.3) is 0 Å². The zero-order chi connectivity index (χ0) is 60.7. The van der Waals surface area contributed by atoms with Gasteiger partial charge in [0.05, 0.1) is 45.8 Å². The summed E-state index contributed by atoms with van der Waals surface area (Å²) in [6, 6.07) is 19.2. The molecule has 0 saturated carbocycles. The molecule has 6 N–H and O–H groups in total. The lowest BCUT2D eigenvalue weighted by atomic mass is 10.0. The zero-order valence-corrected chi connectivity index (χ0v) is 46.6. The number of hydrogen-bond acceptors (Lipinski definition) is 15. The third-order valence-corrected chi connectivity index (χ3v) is 13.2. The molecule has 30 heteroatoms.